The molecule has 2 saturated heterocycles. The van der Waals surface area contributed by atoms with Gasteiger partial charge in [-0.3, -0.25) is 9.59 Å². The number of carbonyl (C=O) groups is 2. The largest absolute Gasteiger partial charge is 0.458 e. The molecule has 1 aromatic rings. The van der Waals surface area contributed by atoms with Gasteiger partial charge in [-0.05, 0) is 51.4 Å². The number of benzene rings is 1. The van der Waals surface area contributed by atoms with E-state index in [0.717, 1.165) is 5.56 Å². The Labute approximate surface area is 274 Å². The molecule has 12 heteroatoms. The lowest BCUT2D eigenvalue weighted by Gasteiger charge is -2.52. The van der Waals surface area contributed by atoms with Crippen molar-refractivity contribution in [1.82, 2.24) is 0 Å². The molecule has 3 rings (SSSR count). The summed E-state index contributed by atoms with van der Waals surface area (Å²) in [5.74, 6) is -0.741. The van der Waals surface area contributed by atoms with Gasteiger partial charge in [-0.15, -0.1) is 6.42 Å². The van der Waals surface area contributed by atoms with E-state index in [0.29, 0.717) is 0 Å². The van der Waals surface area contributed by atoms with E-state index in [-0.39, 0.29) is 31.7 Å². The summed E-state index contributed by atoms with van der Waals surface area (Å²) in [7, 11) is -1.25. The van der Waals surface area contributed by atoms with Gasteiger partial charge in [-0.2, -0.15) is 0 Å². The van der Waals surface area contributed by atoms with Gasteiger partial charge < -0.3 is 42.3 Å². The molecule has 0 saturated carbocycles. The van der Waals surface area contributed by atoms with Crippen molar-refractivity contribution in [1.29, 1.82) is 0 Å². The lowest BCUT2D eigenvalue weighted by Crippen LogP contribution is -2.74. The van der Waals surface area contributed by atoms with Crippen LogP contribution in [0.25, 0.3) is 0 Å². The molecule has 2 fully saturated rings. The predicted molar refractivity (Wildman–Crippen MR) is 172 cm³/mol. The van der Waals surface area contributed by atoms with E-state index in [2.05, 4.69) is 26.7 Å². The number of ketones is 1. The minimum atomic E-state index is -2.73. The molecule has 11 nitrogen and oxygen atoms in total. The number of methoxy groups -OCH3 is 1. The minimum absolute atomic E-state index is 0.0647. The van der Waals surface area contributed by atoms with Crippen LogP contribution in [0, 0.1) is 12.3 Å². The first-order valence-corrected chi connectivity index (χ1v) is 18.4. The van der Waals surface area contributed by atoms with Crippen LogP contribution in [-0.2, 0) is 58.5 Å². The second-order valence-corrected chi connectivity index (χ2v) is 19.0. The molecule has 0 spiro atoms. The van der Waals surface area contributed by atoms with Gasteiger partial charge in [0.25, 0.3) is 0 Å². The van der Waals surface area contributed by atoms with E-state index in [4.69, 9.17) is 48.7 Å². The molecule has 0 aromatic heterocycles. The van der Waals surface area contributed by atoms with E-state index >= 15 is 0 Å². The fourth-order valence-corrected chi connectivity index (χ4v) is 6.68. The van der Waals surface area contributed by atoms with Crippen molar-refractivity contribution in [3.05, 3.63) is 35.9 Å². The Balaban J connectivity index is 2.35. The van der Waals surface area contributed by atoms with Crippen LogP contribution in [-0.4, -0.2) is 94.9 Å². The zero-order valence-corrected chi connectivity index (χ0v) is 30.2. The van der Waals surface area contributed by atoms with Crippen LogP contribution in [0.15, 0.2) is 30.3 Å². The summed E-state index contributed by atoms with van der Waals surface area (Å²) in [6, 6.07) is 9.49. The molecule has 0 bridgehead atoms. The van der Waals surface area contributed by atoms with Crippen molar-refractivity contribution in [3.8, 4) is 12.3 Å². The molecule has 1 aromatic carbocycles. The van der Waals surface area contributed by atoms with Gasteiger partial charge in [-0.1, -0.05) is 57.0 Å². The van der Waals surface area contributed by atoms with E-state index in [9.17, 15) is 9.59 Å². The molecule has 2 aliphatic heterocycles. The third-order valence-corrected chi connectivity index (χ3v) is 13.2. The maximum atomic E-state index is 14.3. The number of terminal acetylenes is 1. The van der Waals surface area contributed by atoms with Crippen LogP contribution in [0.1, 0.15) is 61.0 Å². The van der Waals surface area contributed by atoms with Crippen molar-refractivity contribution >= 4 is 20.1 Å². The number of Topliss-reactive ketones (excluding diaryl/α,β-unsaturated/α-hetero) is 1. The Morgan fingerprint density at radius 1 is 0.978 bits per heavy atom. The Hall–Kier alpha value is -2.18. The Morgan fingerprint density at radius 3 is 2.00 bits per heavy atom. The molecule has 258 valence electrons. The first-order chi connectivity index (χ1) is 21.2. The molecular weight excluding hydrogens is 612 g/mol. The molecule has 46 heavy (non-hydrogen) atoms. The molecule has 0 radical (unpaired) electrons. The zero-order valence-electron chi connectivity index (χ0n) is 29.2. The molecule has 5 atom stereocenters. The lowest BCUT2D eigenvalue weighted by molar-refractivity contribution is -0.303. The number of rotatable bonds is 15. The summed E-state index contributed by atoms with van der Waals surface area (Å²) in [5.41, 5.74) is -2.43. The maximum Gasteiger partial charge on any atom is 0.303 e. The minimum Gasteiger partial charge on any atom is -0.458 e. The Bertz CT molecular complexity index is 1240. The summed E-state index contributed by atoms with van der Waals surface area (Å²) in [4.78, 5) is 26.2. The number of esters is 1. The summed E-state index contributed by atoms with van der Waals surface area (Å²) < 4.78 is 56.4. The van der Waals surface area contributed by atoms with Gasteiger partial charge in [0, 0.05) is 14.0 Å². The second kappa shape index (κ2) is 14.5. The number of ether oxygens (including phenoxy) is 8. The van der Waals surface area contributed by atoms with E-state index in [1.54, 1.807) is 27.7 Å². The van der Waals surface area contributed by atoms with E-state index in [1.165, 1.54) is 14.0 Å². The summed E-state index contributed by atoms with van der Waals surface area (Å²) >= 11 is 0. The molecule has 0 amide bonds. The molecule has 0 N–H and O–H groups in total. The van der Waals surface area contributed by atoms with Crippen LogP contribution in [0.4, 0.5) is 0 Å². The predicted octanol–water partition coefficient (Wildman–Crippen LogP) is 4.76. The Morgan fingerprint density at radius 2 is 1.54 bits per heavy atom. The molecule has 0 unspecified atom stereocenters. The van der Waals surface area contributed by atoms with Gasteiger partial charge >= 0.3 is 5.97 Å². The number of carbonyl (C=O) groups excluding carboxylic acids is 2. The van der Waals surface area contributed by atoms with Gasteiger partial charge in [0.15, 0.2) is 49.6 Å². The summed E-state index contributed by atoms with van der Waals surface area (Å²) in [6.07, 6.45) is 2.49. The SMILES string of the molecule is C#C[C@@H](OCOC)[C@]1([C@]2([C@H](OCc3ccccc3)[C@@H](O[Si](C)(C)C(C)(C)C)C(=O)COC(C)=O)COC(C)(C)O2)COC(C)(C)O1. The lowest BCUT2D eigenvalue weighted by atomic mass is 9.73. The molecule has 0 aliphatic carbocycles. The highest BCUT2D eigenvalue weighted by molar-refractivity contribution is 6.74. The first kappa shape index (κ1) is 38.3. The third kappa shape index (κ3) is 8.45. The number of hydrogen-bond donors (Lipinski definition) is 0. The van der Waals surface area contributed by atoms with Crippen LogP contribution in [0.3, 0.4) is 0 Å². The average molecular weight is 665 g/mol. The van der Waals surface area contributed by atoms with Crippen LogP contribution in [0.5, 0.6) is 0 Å². The van der Waals surface area contributed by atoms with Gasteiger partial charge in [0.05, 0.1) is 19.8 Å². The van der Waals surface area contributed by atoms with Crippen LogP contribution < -0.4 is 0 Å². The van der Waals surface area contributed by atoms with E-state index < -0.39 is 67.8 Å². The molecular formula is C34H52O11Si. The number of hydrogen-bond acceptors (Lipinski definition) is 11. The third-order valence-electron chi connectivity index (χ3n) is 8.74. The normalized spacial score (nSPS) is 26.2. The monoisotopic (exact) mass is 664 g/mol. The first-order valence-electron chi connectivity index (χ1n) is 15.5. The molecule has 2 heterocycles. The van der Waals surface area contributed by atoms with Crippen molar-refractivity contribution < 1.29 is 51.9 Å². The highest BCUT2D eigenvalue weighted by atomic mass is 28.4. The van der Waals surface area contributed by atoms with Crippen molar-refractivity contribution in [2.75, 3.05) is 33.7 Å². The van der Waals surface area contributed by atoms with Crippen molar-refractivity contribution in [2.45, 2.75) is 121 Å². The second-order valence-electron chi connectivity index (χ2n) is 14.2. The van der Waals surface area contributed by atoms with Crippen LogP contribution >= 0.6 is 0 Å². The van der Waals surface area contributed by atoms with Gasteiger partial charge in [0.2, 0.25) is 0 Å². The standard InChI is InChI=1S/C34H52O11Si/c1-13-27(40-23-37-10)33(21-41-31(6,7)44-33)34(22-42-32(8,9)45-34)29(39-19-25-17-15-14-16-18-25)28(26(36)20-38-24(2)35)43-46(11,12)30(3,4)5/h1,14-18,27-29H,19-23H2,2-12H3/t27-,28+,29-,33+,34-/m1/s1. The van der Waals surface area contributed by atoms with Crippen molar-refractivity contribution in [2.24, 2.45) is 0 Å². The quantitative estimate of drug-likeness (QED) is 0.112. The Kier molecular flexibility index (Phi) is 12.1. The van der Waals surface area contributed by atoms with Gasteiger partial charge in [-0.25, -0.2) is 0 Å². The summed E-state index contributed by atoms with van der Waals surface area (Å²) in [5, 5.41) is -0.314. The molecule has 2 aliphatic rings. The fraction of sp³-hybridized carbons (Fsp3) is 0.706. The van der Waals surface area contributed by atoms with E-state index in [1.807, 2.05) is 43.4 Å². The topological polar surface area (TPSA) is 117 Å². The smallest absolute Gasteiger partial charge is 0.303 e. The summed E-state index contributed by atoms with van der Waals surface area (Å²) in [6.45, 7) is 17.6. The van der Waals surface area contributed by atoms with Gasteiger partial charge in [0.1, 0.15) is 19.0 Å². The van der Waals surface area contributed by atoms with Crippen LogP contribution in [0.2, 0.25) is 18.1 Å². The zero-order chi connectivity index (χ0) is 34.6. The highest BCUT2D eigenvalue weighted by Gasteiger charge is 2.73. The highest BCUT2D eigenvalue weighted by Crippen LogP contribution is 2.53. The maximum absolute atomic E-state index is 14.3. The fourth-order valence-electron chi connectivity index (χ4n) is 5.43. The average Bonchev–Trinajstić information content (AvgIpc) is 3.48. The van der Waals surface area contributed by atoms with Crippen molar-refractivity contribution in [3.63, 3.8) is 0 Å².